The molecule has 116 valence electrons. The van der Waals surface area contributed by atoms with Crippen LogP contribution in [0, 0.1) is 0 Å². The highest BCUT2D eigenvalue weighted by Gasteiger charge is 2.50. The minimum atomic E-state index is -3.92. The Hall–Kier alpha value is -1.35. The molecule has 9 nitrogen and oxygen atoms in total. The molecule has 2 heterocycles. The number of hydrogen-bond donors (Lipinski definition) is 4. The van der Waals surface area contributed by atoms with E-state index in [4.69, 9.17) is 14.7 Å². The van der Waals surface area contributed by atoms with E-state index >= 15 is 0 Å². The van der Waals surface area contributed by atoms with Crippen LogP contribution in [0.2, 0.25) is 0 Å². The zero-order valence-electron chi connectivity index (χ0n) is 10.9. The average Bonchev–Trinajstić information content (AvgIpc) is 2.65. The molecule has 0 radical (unpaired) electrons. The third-order valence-electron chi connectivity index (χ3n) is 2.86. The summed E-state index contributed by atoms with van der Waals surface area (Å²) in [5.74, 6) is -1.17. The molecule has 0 amide bonds. The van der Waals surface area contributed by atoms with Gasteiger partial charge in [-0.05, 0) is 6.07 Å². The Labute approximate surface area is 119 Å². The van der Waals surface area contributed by atoms with E-state index < -0.39 is 38.3 Å². The van der Waals surface area contributed by atoms with Crippen molar-refractivity contribution in [3.8, 4) is 0 Å². The third kappa shape index (κ3) is 3.65. The molecule has 1 unspecified atom stereocenters. The lowest BCUT2D eigenvalue weighted by Gasteiger charge is -2.15. The van der Waals surface area contributed by atoms with Crippen molar-refractivity contribution in [1.29, 1.82) is 0 Å². The number of rotatable bonds is 4. The molecule has 21 heavy (non-hydrogen) atoms. The number of aromatic carboxylic acids is 1. The number of aliphatic hydroxyl groups is 2. The highest BCUT2D eigenvalue weighted by atomic mass is 31.2. The van der Waals surface area contributed by atoms with Crippen molar-refractivity contribution in [2.45, 2.75) is 24.7 Å². The third-order valence-corrected chi connectivity index (χ3v) is 3.46. The Morgan fingerprint density at radius 2 is 2.10 bits per heavy atom. The van der Waals surface area contributed by atoms with Gasteiger partial charge in [0.2, 0.25) is 6.29 Å². The van der Waals surface area contributed by atoms with E-state index in [1.807, 2.05) is 0 Å². The van der Waals surface area contributed by atoms with E-state index in [2.05, 4.69) is 4.52 Å². The van der Waals surface area contributed by atoms with E-state index in [9.17, 15) is 19.6 Å². The van der Waals surface area contributed by atoms with Crippen LogP contribution >= 0.6 is 7.60 Å². The fourth-order valence-electron chi connectivity index (χ4n) is 1.93. The topological polar surface area (TPSA) is 137 Å². The van der Waals surface area contributed by atoms with Crippen LogP contribution in [0.25, 0.3) is 0 Å². The zero-order valence-corrected chi connectivity index (χ0v) is 11.8. The minimum Gasteiger partial charge on any atom is -0.477 e. The molecule has 4 N–H and O–H groups in total. The highest BCUT2D eigenvalue weighted by Crippen LogP contribution is 2.42. The van der Waals surface area contributed by atoms with Crippen LogP contribution in [0.1, 0.15) is 16.6 Å². The lowest BCUT2D eigenvalue weighted by molar-refractivity contribution is -0.767. The molecule has 0 aromatic carbocycles. The zero-order chi connectivity index (χ0) is 15.8. The first kappa shape index (κ1) is 16.0. The SMILES string of the molecule is CP(=O)(O)O[C@H]1O[C@@H]([n+]2cccc(C(=O)O)c2)[C@H](O)[C@@H]1O. The van der Waals surface area contributed by atoms with Crippen molar-refractivity contribution in [1.82, 2.24) is 0 Å². The van der Waals surface area contributed by atoms with E-state index in [1.54, 1.807) is 0 Å². The second-order valence-corrected chi connectivity index (χ2v) is 6.45. The van der Waals surface area contributed by atoms with Gasteiger partial charge in [-0.3, -0.25) is 13.8 Å². The molecule has 1 aromatic heterocycles. The van der Waals surface area contributed by atoms with Gasteiger partial charge < -0.3 is 20.2 Å². The van der Waals surface area contributed by atoms with Gasteiger partial charge >= 0.3 is 13.6 Å². The molecule has 0 spiro atoms. The molecule has 2 rings (SSSR count). The van der Waals surface area contributed by atoms with Gasteiger partial charge in [-0.1, -0.05) is 0 Å². The van der Waals surface area contributed by atoms with Crippen LogP contribution < -0.4 is 4.57 Å². The monoisotopic (exact) mass is 320 g/mol. The molecule has 5 atom stereocenters. The van der Waals surface area contributed by atoms with Crippen molar-refractivity contribution < 1.29 is 43.4 Å². The Morgan fingerprint density at radius 1 is 1.43 bits per heavy atom. The number of pyridine rings is 1. The number of carboxylic acid groups (broad SMARTS) is 1. The summed E-state index contributed by atoms with van der Waals surface area (Å²) in [6.07, 6.45) is -3.00. The summed E-state index contributed by atoms with van der Waals surface area (Å²) < 4.78 is 22.3. The number of carboxylic acids is 1. The van der Waals surface area contributed by atoms with Gasteiger partial charge in [0, 0.05) is 12.7 Å². The second-order valence-electron chi connectivity index (χ2n) is 4.63. The van der Waals surface area contributed by atoms with E-state index in [1.165, 1.54) is 29.1 Å². The maximum absolute atomic E-state index is 11.2. The number of aromatic nitrogens is 1. The lowest BCUT2D eigenvalue weighted by Crippen LogP contribution is -2.46. The second kappa shape index (κ2) is 5.80. The van der Waals surface area contributed by atoms with Crippen LogP contribution in [0.15, 0.2) is 24.5 Å². The van der Waals surface area contributed by atoms with Gasteiger partial charge in [0.25, 0.3) is 6.23 Å². The van der Waals surface area contributed by atoms with E-state index in [-0.39, 0.29) is 5.56 Å². The predicted molar refractivity (Wildman–Crippen MR) is 66.4 cm³/mol. The summed E-state index contributed by atoms with van der Waals surface area (Å²) in [6, 6.07) is 2.77. The fourth-order valence-corrected chi connectivity index (χ4v) is 2.49. The molecular formula is C11H15NO8P+. The molecule has 0 saturated carbocycles. The molecule has 1 saturated heterocycles. The van der Waals surface area contributed by atoms with E-state index in [0.717, 1.165) is 6.66 Å². The van der Waals surface area contributed by atoms with Gasteiger partial charge in [-0.15, -0.1) is 0 Å². The molecule has 10 heteroatoms. The Balaban J connectivity index is 2.23. The predicted octanol–water partition coefficient (Wildman–Crippen LogP) is -0.919. The van der Waals surface area contributed by atoms with Crippen LogP contribution in [0.3, 0.4) is 0 Å². The van der Waals surface area contributed by atoms with Crippen LogP contribution in [-0.2, 0) is 13.8 Å². The Morgan fingerprint density at radius 3 is 2.67 bits per heavy atom. The van der Waals surface area contributed by atoms with Crippen molar-refractivity contribution >= 4 is 13.6 Å². The van der Waals surface area contributed by atoms with Gasteiger partial charge in [0.1, 0.15) is 11.7 Å². The summed E-state index contributed by atoms with van der Waals surface area (Å²) in [6.45, 7) is 0.918. The molecule has 1 fully saturated rings. The Bertz CT molecular complexity index is 587. The molecule has 1 aliphatic heterocycles. The summed E-state index contributed by atoms with van der Waals surface area (Å²) in [5, 5.41) is 28.6. The molecular weight excluding hydrogens is 305 g/mol. The highest BCUT2D eigenvalue weighted by molar-refractivity contribution is 7.51. The van der Waals surface area contributed by atoms with Crippen LogP contribution in [0.5, 0.6) is 0 Å². The van der Waals surface area contributed by atoms with Gasteiger partial charge in [0.15, 0.2) is 18.5 Å². The van der Waals surface area contributed by atoms with Crippen molar-refractivity contribution in [3.63, 3.8) is 0 Å². The molecule has 0 aliphatic carbocycles. The summed E-state index contributed by atoms with van der Waals surface area (Å²) in [4.78, 5) is 20.0. The number of hydrogen-bond acceptors (Lipinski definition) is 6. The number of nitrogens with zero attached hydrogens (tertiary/aromatic N) is 1. The standard InChI is InChI=1S/C11H14NO8P/c1-21(17,18)20-11-8(14)7(13)9(19-11)12-4-2-3-6(5-12)10(15)16/h2-5,7-9,11,13-14H,1H3,(H-,15,16,17,18)/p+1/t7-,8+,9-,11-/m1/s1. The summed E-state index contributed by atoms with van der Waals surface area (Å²) in [5.41, 5.74) is -0.0459. The first-order valence-electron chi connectivity index (χ1n) is 5.93. The first-order valence-corrected chi connectivity index (χ1v) is 7.96. The van der Waals surface area contributed by atoms with Gasteiger partial charge in [-0.2, -0.15) is 4.57 Å². The minimum absolute atomic E-state index is 0.0459. The fraction of sp³-hybridized carbons (Fsp3) is 0.455. The summed E-state index contributed by atoms with van der Waals surface area (Å²) in [7, 11) is -3.92. The lowest BCUT2D eigenvalue weighted by atomic mass is 10.2. The molecule has 0 bridgehead atoms. The maximum atomic E-state index is 11.2. The van der Waals surface area contributed by atoms with Gasteiger partial charge in [-0.25, -0.2) is 4.79 Å². The average molecular weight is 320 g/mol. The normalized spacial score (nSPS) is 31.8. The maximum Gasteiger partial charge on any atom is 0.341 e. The van der Waals surface area contributed by atoms with Gasteiger partial charge in [0.05, 0.1) is 0 Å². The van der Waals surface area contributed by atoms with E-state index in [0.29, 0.717) is 0 Å². The Kier molecular flexibility index (Phi) is 4.43. The van der Waals surface area contributed by atoms with Crippen LogP contribution in [0.4, 0.5) is 0 Å². The molecule has 1 aliphatic rings. The first-order chi connectivity index (χ1) is 9.69. The number of aliphatic hydroxyl groups excluding tert-OH is 2. The summed E-state index contributed by atoms with van der Waals surface area (Å²) >= 11 is 0. The number of ether oxygens (including phenoxy) is 1. The smallest absolute Gasteiger partial charge is 0.341 e. The van der Waals surface area contributed by atoms with Crippen LogP contribution in [-0.4, -0.2) is 51.3 Å². The van der Waals surface area contributed by atoms with Crippen molar-refractivity contribution in [2.24, 2.45) is 0 Å². The molecule has 1 aromatic rings. The van der Waals surface area contributed by atoms with Crippen molar-refractivity contribution in [2.75, 3.05) is 6.66 Å². The number of carbonyl (C=O) groups is 1. The van der Waals surface area contributed by atoms with Crippen molar-refractivity contribution in [3.05, 3.63) is 30.1 Å². The largest absolute Gasteiger partial charge is 0.477 e. The quantitative estimate of drug-likeness (QED) is 0.413.